The predicted molar refractivity (Wildman–Crippen MR) is 103 cm³/mol. The molecule has 1 aromatic carbocycles. The average molecular weight is 367 g/mol. The van der Waals surface area contributed by atoms with E-state index in [1.807, 2.05) is 40.6 Å². The van der Waals surface area contributed by atoms with Gasteiger partial charge in [0.05, 0.1) is 4.58 Å². The summed E-state index contributed by atoms with van der Waals surface area (Å²) in [4.78, 5) is 14.3. The number of nitrogens with zero attached hydrogens (tertiary/aromatic N) is 1. The fourth-order valence-electron chi connectivity index (χ4n) is 3.20. The topological polar surface area (TPSA) is 55.6 Å². The van der Waals surface area contributed by atoms with Gasteiger partial charge in [0.1, 0.15) is 5.75 Å². The van der Waals surface area contributed by atoms with Crippen LogP contribution in [0, 0.1) is 0 Å². The minimum absolute atomic E-state index is 0.0487. The third-order valence-corrected chi connectivity index (χ3v) is 7.58. The van der Waals surface area contributed by atoms with Crippen molar-refractivity contribution >= 4 is 29.4 Å². The van der Waals surface area contributed by atoms with E-state index in [0.717, 1.165) is 31.6 Å². The second-order valence-electron chi connectivity index (χ2n) is 6.26. The monoisotopic (exact) mass is 366 g/mol. The number of benzene rings is 1. The lowest BCUT2D eigenvalue weighted by atomic mass is 10.0. The van der Waals surface area contributed by atoms with Gasteiger partial charge in [-0.3, -0.25) is 4.79 Å². The lowest BCUT2D eigenvalue weighted by molar-refractivity contribution is -0.136. The van der Waals surface area contributed by atoms with E-state index in [1.54, 1.807) is 0 Å². The maximum Gasteiger partial charge on any atom is 0.260 e. The zero-order valence-corrected chi connectivity index (χ0v) is 15.6. The van der Waals surface area contributed by atoms with Crippen LogP contribution in [0.25, 0.3) is 0 Å². The third kappa shape index (κ3) is 4.61. The summed E-state index contributed by atoms with van der Waals surface area (Å²) in [5.74, 6) is 3.29. The molecule has 0 spiro atoms. The fourth-order valence-corrected chi connectivity index (χ4v) is 6.10. The molecule has 2 saturated heterocycles. The summed E-state index contributed by atoms with van der Waals surface area (Å²) >= 11 is 4.02. The number of amides is 1. The SMILES string of the molecule is NCC1CCCCN1C(=O)COc1ccc(C2SCCCS2)cc1. The van der Waals surface area contributed by atoms with Crippen LogP contribution in [0.1, 0.15) is 35.8 Å². The zero-order chi connectivity index (χ0) is 16.8. The lowest BCUT2D eigenvalue weighted by Gasteiger charge is -2.34. The predicted octanol–water partition coefficient (Wildman–Crippen LogP) is 3.27. The Morgan fingerprint density at radius 2 is 1.92 bits per heavy atom. The molecule has 2 aliphatic heterocycles. The van der Waals surface area contributed by atoms with Crippen LogP contribution in [0.4, 0.5) is 0 Å². The Hall–Kier alpha value is -0.850. The summed E-state index contributed by atoms with van der Waals surface area (Å²) in [6, 6.07) is 8.39. The van der Waals surface area contributed by atoms with Gasteiger partial charge in [-0.15, -0.1) is 23.5 Å². The number of carbonyl (C=O) groups excluding carboxylic acids is 1. The van der Waals surface area contributed by atoms with Crippen LogP contribution >= 0.6 is 23.5 Å². The molecule has 6 heteroatoms. The highest BCUT2D eigenvalue weighted by Crippen LogP contribution is 2.43. The molecular formula is C18H26N2O2S2. The van der Waals surface area contributed by atoms with Crippen LogP contribution in [-0.2, 0) is 4.79 Å². The van der Waals surface area contributed by atoms with E-state index in [1.165, 1.54) is 23.5 Å². The van der Waals surface area contributed by atoms with Crippen LogP contribution in [-0.4, -0.2) is 48.1 Å². The normalized spacial score (nSPS) is 22.4. The summed E-state index contributed by atoms with van der Waals surface area (Å²) in [7, 11) is 0. The Labute approximate surface area is 152 Å². The number of ether oxygens (including phenoxy) is 1. The molecule has 1 amide bonds. The molecule has 132 valence electrons. The standard InChI is InChI=1S/C18H26N2O2S2/c19-12-15-4-1-2-9-20(15)17(21)13-22-16-7-5-14(6-8-16)18-23-10-3-11-24-18/h5-8,15,18H,1-4,9-13,19H2. The summed E-state index contributed by atoms with van der Waals surface area (Å²) < 4.78 is 6.25. The van der Waals surface area contributed by atoms with Gasteiger partial charge in [0.25, 0.3) is 5.91 Å². The number of likely N-dealkylation sites (tertiary alicyclic amines) is 1. The molecule has 3 rings (SSSR count). The highest BCUT2D eigenvalue weighted by atomic mass is 32.2. The summed E-state index contributed by atoms with van der Waals surface area (Å²) in [5, 5.41) is 0. The van der Waals surface area contributed by atoms with Gasteiger partial charge in [0.2, 0.25) is 0 Å². The number of thioether (sulfide) groups is 2. The van der Waals surface area contributed by atoms with Gasteiger partial charge in [-0.05, 0) is 54.9 Å². The number of nitrogens with two attached hydrogens (primary N) is 1. The molecular weight excluding hydrogens is 340 g/mol. The van der Waals surface area contributed by atoms with Crippen LogP contribution in [0.2, 0.25) is 0 Å². The molecule has 4 nitrogen and oxygen atoms in total. The van der Waals surface area contributed by atoms with E-state index >= 15 is 0 Å². The van der Waals surface area contributed by atoms with Crippen molar-refractivity contribution < 1.29 is 9.53 Å². The van der Waals surface area contributed by atoms with Gasteiger partial charge in [-0.25, -0.2) is 0 Å². The number of carbonyl (C=O) groups is 1. The Morgan fingerprint density at radius 3 is 2.62 bits per heavy atom. The van der Waals surface area contributed by atoms with Gasteiger partial charge in [0.15, 0.2) is 6.61 Å². The molecule has 1 atom stereocenters. The van der Waals surface area contributed by atoms with Gasteiger partial charge in [-0.1, -0.05) is 12.1 Å². The lowest BCUT2D eigenvalue weighted by Crippen LogP contribution is -2.49. The molecule has 0 aromatic heterocycles. The molecule has 0 radical (unpaired) electrons. The molecule has 0 aliphatic carbocycles. The summed E-state index contributed by atoms with van der Waals surface area (Å²) in [6.07, 6.45) is 4.53. The number of hydrogen-bond donors (Lipinski definition) is 1. The van der Waals surface area contributed by atoms with Crippen molar-refractivity contribution in [2.75, 3.05) is 31.2 Å². The van der Waals surface area contributed by atoms with E-state index < -0.39 is 0 Å². The minimum atomic E-state index is 0.0487. The van der Waals surface area contributed by atoms with Gasteiger partial charge >= 0.3 is 0 Å². The number of rotatable bonds is 5. The van der Waals surface area contributed by atoms with E-state index in [4.69, 9.17) is 10.5 Å². The second kappa shape index (κ2) is 9.02. The molecule has 24 heavy (non-hydrogen) atoms. The van der Waals surface area contributed by atoms with E-state index in [0.29, 0.717) is 11.1 Å². The highest BCUT2D eigenvalue weighted by Gasteiger charge is 2.25. The Balaban J connectivity index is 1.51. The zero-order valence-electron chi connectivity index (χ0n) is 14.0. The average Bonchev–Trinajstić information content (AvgIpc) is 2.67. The van der Waals surface area contributed by atoms with Crippen molar-refractivity contribution in [2.45, 2.75) is 36.3 Å². The molecule has 1 aromatic rings. The number of hydrogen-bond acceptors (Lipinski definition) is 5. The summed E-state index contributed by atoms with van der Waals surface area (Å²) in [6.45, 7) is 1.44. The highest BCUT2D eigenvalue weighted by molar-refractivity contribution is 8.16. The first-order valence-electron chi connectivity index (χ1n) is 8.73. The van der Waals surface area contributed by atoms with Crippen molar-refractivity contribution in [3.63, 3.8) is 0 Å². The maximum absolute atomic E-state index is 12.4. The quantitative estimate of drug-likeness (QED) is 0.867. The molecule has 2 N–H and O–H groups in total. The van der Waals surface area contributed by atoms with E-state index in [-0.39, 0.29) is 18.6 Å². The molecule has 0 bridgehead atoms. The molecule has 2 heterocycles. The minimum Gasteiger partial charge on any atom is -0.484 e. The Morgan fingerprint density at radius 1 is 1.17 bits per heavy atom. The van der Waals surface area contributed by atoms with Gasteiger partial charge < -0.3 is 15.4 Å². The molecule has 0 saturated carbocycles. The first-order valence-corrected chi connectivity index (χ1v) is 10.8. The van der Waals surface area contributed by atoms with Crippen molar-refractivity contribution in [3.05, 3.63) is 29.8 Å². The first-order chi connectivity index (χ1) is 11.8. The smallest absolute Gasteiger partial charge is 0.260 e. The van der Waals surface area contributed by atoms with Crippen LogP contribution in [0.3, 0.4) is 0 Å². The van der Waals surface area contributed by atoms with E-state index in [2.05, 4.69) is 12.1 Å². The fraction of sp³-hybridized carbons (Fsp3) is 0.611. The van der Waals surface area contributed by atoms with Crippen LogP contribution in [0.5, 0.6) is 5.75 Å². The van der Waals surface area contributed by atoms with E-state index in [9.17, 15) is 4.79 Å². The molecule has 2 aliphatic rings. The maximum atomic E-state index is 12.4. The molecule has 2 fully saturated rings. The van der Waals surface area contributed by atoms with Crippen molar-refractivity contribution in [3.8, 4) is 5.75 Å². The van der Waals surface area contributed by atoms with Crippen molar-refractivity contribution in [2.24, 2.45) is 5.73 Å². The number of piperidine rings is 1. The van der Waals surface area contributed by atoms with Gasteiger partial charge in [0, 0.05) is 19.1 Å². The van der Waals surface area contributed by atoms with Crippen LogP contribution < -0.4 is 10.5 Å². The van der Waals surface area contributed by atoms with Gasteiger partial charge in [-0.2, -0.15) is 0 Å². The summed E-state index contributed by atoms with van der Waals surface area (Å²) in [5.41, 5.74) is 7.12. The largest absolute Gasteiger partial charge is 0.484 e. The second-order valence-corrected chi connectivity index (χ2v) is 8.98. The van der Waals surface area contributed by atoms with Crippen molar-refractivity contribution in [1.29, 1.82) is 0 Å². The molecule has 1 unspecified atom stereocenters. The third-order valence-electron chi connectivity index (χ3n) is 4.56. The Bertz CT molecular complexity index is 532. The Kier molecular flexibility index (Phi) is 6.75. The van der Waals surface area contributed by atoms with Crippen LogP contribution in [0.15, 0.2) is 24.3 Å². The first kappa shape index (κ1) is 18.0. The van der Waals surface area contributed by atoms with Crippen molar-refractivity contribution in [1.82, 2.24) is 4.90 Å².